The highest BCUT2D eigenvalue weighted by Crippen LogP contribution is 2.35. The number of fused-ring (bicyclic) bond motifs is 1. The lowest BCUT2D eigenvalue weighted by Gasteiger charge is -2.24. The van der Waals surface area contributed by atoms with E-state index in [0.717, 1.165) is 25.2 Å². The molecule has 0 fully saturated rings. The number of anilines is 1. The van der Waals surface area contributed by atoms with Gasteiger partial charge in [-0.1, -0.05) is 6.07 Å². The summed E-state index contributed by atoms with van der Waals surface area (Å²) in [6.45, 7) is 6.92. The molecule has 0 bridgehead atoms. The lowest BCUT2D eigenvalue weighted by molar-refractivity contribution is 0.222. The quantitative estimate of drug-likeness (QED) is 0.914. The molecule has 3 rings (SSSR count). The highest BCUT2D eigenvalue weighted by Gasteiger charge is 2.29. The van der Waals surface area contributed by atoms with Gasteiger partial charge in [0.05, 0.1) is 5.69 Å². The van der Waals surface area contributed by atoms with E-state index >= 15 is 0 Å². The van der Waals surface area contributed by atoms with Crippen molar-refractivity contribution in [3.63, 3.8) is 0 Å². The molecule has 1 aliphatic rings. The minimum Gasteiger partial charge on any atom is -0.378 e. The molecule has 0 spiro atoms. The van der Waals surface area contributed by atoms with Gasteiger partial charge in [0.2, 0.25) is 0 Å². The van der Waals surface area contributed by atoms with Crippen LogP contribution in [0.1, 0.15) is 34.1 Å². The molecule has 1 aromatic carbocycles. The fraction of sp³-hybridized carbons (Fsp3) is 0.526. The van der Waals surface area contributed by atoms with Crippen LogP contribution in [0.25, 0.3) is 0 Å². The molecule has 0 amide bonds. The first-order valence-electron chi connectivity index (χ1n) is 8.65. The number of hydrogen-bond donors (Lipinski definition) is 1. The summed E-state index contributed by atoms with van der Waals surface area (Å²) in [4.78, 5) is 4.66. The molecule has 0 aliphatic carbocycles. The van der Waals surface area contributed by atoms with Crippen LogP contribution in [-0.2, 0) is 20.0 Å². The summed E-state index contributed by atoms with van der Waals surface area (Å²) >= 11 is 0. The Kier molecular flexibility index (Phi) is 4.65. The van der Waals surface area contributed by atoms with Gasteiger partial charge in [-0.3, -0.25) is 9.58 Å². The first-order chi connectivity index (χ1) is 11.4. The molecule has 1 unspecified atom stereocenters. The molecule has 0 saturated heterocycles. The molecule has 1 atom stereocenters. The van der Waals surface area contributed by atoms with Gasteiger partial charge in [-0.2, -0.15) is 5.10 Å². The molecule has 24 heavy (non-hydrogen) atoms. The van der Waals surface area contributed by atoms with Crippen LogP contribution in [0.4, 0.5) is 5.69 Å². The average Bonchev–Trinajstić information content (AvgIpc) is 3.01. The minimum absolute atomic E-state index is 0.317. The summed E-state index contributed by atoms with van der Waals surface area (Å²) in [6, 6.07) is 7.07. The normalized spacial score (nSPS) is 17.3. The molecule has 0 radical (unpaired) electrons. The van der Waals surface area contributed by atoms with Gasteiger partial charge in [-0.15, -0.1) is 0 Å². The molecule has 2 heterocycles. The van der Waals surface area contributed by atoms with Crippen LogP contribution in [-0.4, -0.2) is 41.9 Å². The van der Waals surface area contributed by atoms with E-state index < -0.39 is 0 Å². The van der Waals surface area contributed by atoms with E-state index in [4.69, 9.17) is 5.73 Å². The second-order valence-corrected chi connectivity index (χ2v) is 7.02. The Balaban J connectivity index is 1.78. The smallest absolute Gasteiger partial charge is 0.0628 e. The zero-order valence-electron chi connectivity index (χ0n) is 15.5. The SMILES string of the molecule is Cc1nn(C)c(C)c1CCN1Cc2ccc(N(C)C)cc2C1CN. The van der Waals surface area contributed by atoms with Crippen molar-refractivity contribution in [1.82, 2.24) is 14.7 Å². The second-order valence-electron chi connectivity index (χ2n) is 7.02. The summed E-state index contributed by atoms with van der Waals surface area (Å²) in [7, 11) is 6.18. The van der Waals surface area contributed by atoms with Crippen LogP contribution in [0, 0.1) is 13.8 Å². The first kappa shape index (κ1) is 17.0. The highest BCUT2D eigenvalue weighted by atomic mass is 15.3. The van der Waals surface area contributed by atoms with Crippen molar-refractivity contribution < 1.29 is 0 Å². The van der Waals surface area contributed by atoms with Crippen LogP contribution in [0.5, 0.6) is 0 Å². The van der Waals surface area contributed by atoms with Crippen molar-refractivity contribution in [2.45, 2.75) is 32.9 Å². The maximum absolute atomic E-state index is 6.13. The van der Waals surface area contributed by atoms with Gasteiger partial charge in [0, 0.05) is 58.2 Å². The predicted molar refractivity (Wildman–Crippen MR) is 99.4 cm³/mol. The van der Waals surface area contributed by atoms with E-state index in [1.54, 1.807) is 0 Å². The van der Waals surface area contributed by atoms with Crippen LogP contribution in [0.15, 0.2) is 18.2 Å². The third-order valence-electron chi connectivity index (χ3n) is 5.35. The van der Waals surface area contributed by atoms with Crippen molar-refractivity contribution in [1.29, 1.82) is 0 Å². The minimum atomic E-state index is 0.317. The number of nitrogens with zero attached hydrogens (tertiary/aromatic N) is 4. The number of rotatable bonds is 5. The molecule has 0 saturated carbocycles. The van der Waals surface area contributed by atoms with Gasteiger partial charge in [0.15, 0.2) is 0 Å². The summed E-state index contributed by atoms with van der Waals surface area (Å²) in [6.07, 6.45) is 1.02. The van der Waals surface area contributed by atoms with E-state index in [-0.39, 0.29) is 0 Å². The van der Waals surface area contributed by atoms with Crippen LogP contribution >= 0.6 is 0 Å². The molecule has 130 valence electrons. The zero-order valence-corrected chi connectivity index (χ0v) is 15.5. The van der Waals surface area contributed by atoms with Crippen LogP contribution < -0.4 is 10.6 Å². The molecule has 2 N–H and O–H groups in total. The Morgan fingerprint density at radius 3 is 2.62 bits per heavy atom. The fourth-order valence-electron chi connectivity index (χ4n) is 3.79. The van der Waals surface area contributed by atoms with Gasteiger partial charge in [0.25, 0.3) is 0 Å². The standard InChI is InChI=1S/C19H29N5/c1-13-17(14(2)23(5)21-13)8-9-24-12-15-6-7-16(22(3)4)10-18(15)19(24)11-20/h6-7,10,19H,8-9,11-12,20H2,1-5H3. The fourth-order valence-corrected chi connectivity index (χ4v) is 3.79. The first-order valence-corrected chi connectivity index (χ1v) is 8.65. The maximum Gasteiger partial charge on any atom is 0.0628 e. The van der Waals surface area contributed by atoms with Crippen molar-refractivity contribution in [3.05, 3.63) is 46.3 Å². The van der Waals surface area contributed by atoms with Crippen molar-refractivity contribution >= 4 is 5.69 Å². The van der Waals surface area contributed by atoms with E-state index in [0.29, 0.717) is 12.6 Å². The Morgan fingerprint density at radius 1 is 1.29 bits per heavy atom. The highest BCUT2D eigenvalue weighted by molar-refractivity contribution is 5.52. The third kappa shape index (κ3) is 2.94. The Bertz CT molecular complexity index is 732. The summed E-state index contributed by atoms with van der Waals surface area (Å²) in [5.41, 5.74) is 14.0. The Labute approximate surface area is 145 Å². The molecule has 2 aromatic rings. The summed E-state index contributed by atoms with van der Waals surface area (Å²) in [5.74, 6) is 0. The maximum atomic E-state index is 6.13. The predicted octanol–water partition coefficient (Wildman–Crippen LogP) is 2.16. The molecule has 5 heteroatoms. The van der Waals surface area contributed by atoms with Gasteiger partial charge in [-0.05, 0) is 49.1 Å². The lowest BCUT2D eigenvalue weighted by Crippen LogP contribution is -2.30. The van der Waals surface area contributed by atoms with Crippen molar-refractivity contribution in [3.8, 4) is 0 Å². The summed E-state index contributed by atoms with van der Waals surface area (Å²) in [5, 5.41) is 4.53. The largest absolute Gasteiger partial charge is 0.378 e. The molecular formula is C19H29N5. The second kappa shape index (κ2) is 6.57. The third-order valence-corrected chi connectivity index (χ3v) is 5.35. The van der Waals surface area contributed by atoms with E-state index in [9.17, 15) is 0 Å². The van der Waals surface area contributed by atoms with Gasteiger partial charge >= 0.3 is 0 Å². The monoisotopic (exact) mass is 327 g/mol. The molecule has 1 aromatic heterocycles. The molecule has 1 aliphatic heterocycles. The van der Waals surface area contributed by atoms with Gasteiger partial charge < -0.3 is 10.6 Å². The number of benzene rings is 1. The van der Waals surface area contributed by atoms with Crippen LogP contribution in [0.3, 0.4) is 0 Å². The zero-order chi connectivity index (χ0) is 17.4. The number of aromatic nitrogens is 2. The van der Waals surface area contributed by atoms with Crippen molar-refractivity contribution in [2.75, 3.05) is 32.1 Å². The topological polar surface area (TPSA) is 50.3 Å². The lowest BCUT2D eigenvalue weighted by atomic mass is 10.0. The summed E-state index contributed by atoms with van der Waals surface area (Å²) < 4.78 is 1.98. The van der Waals surface area contributed by atoms with Crippen molar-refractivity contribution in [2.24, 2.45) is 12.8 Å². The average molecular weight is 327 g/mol. The van der Waals surface area contributed by atoms with E-state index in [1.165, 1.54) is 28.1 Å². The number of hydrogen-bond acceptors (Lipinski definition) is 4. The molecular weight excluding hydrogens is 298 g/mol. The number of aryl methyl sites for hydroxylation is 2. The number of nitrogens with two attached hydrogens (primary N) is 1. The van der Waals surface area contributed by atoms with E-state index in [1.807, 2.05) is 11.7 Å². The Morgan fingerprint density at radius 2 is 2.04 bits per heavy atom. The van der Waals surface area contributed by atoms with Gasteiger partial charge in [0.1, 0.15) is 0 Å². The Hall–Kier alpha value is -1.85. The van der Waals surface area contributed by atoms with E-state index in [2.05, 4.69) is 61.0 Å². The van der Waals surface area contributed by atoms with Crippen LogP contribution in [0.2, 0.25) is 0 Å². The van der Waals surface area contributed by atoms with Gasteiger partial charge in [-0.25, -0.2) is 0 Å². The molecule has 5 nitrogen and oxygen atoms in total.